The van der Waals surface area contributed by atoms with Gasteiger partial charge in [-0.15, -0.1) is 0 Å². The van der Waals surface area contributed by atoms with Crippen LogP contribution in [0, 0.1) is 0 Å². The Balaban J connectivity index is 2.39. The summed E-state index contributed by atoms with van der Waals surface area (Å²) in [7, 11) is 3.49. The van der Waals surface area contributed by atoms with Gasteiger partial charge in [0.25, 0.3) is 0 Å². The molecule has 2 N–H and O–H groups in total. The van der Waals surface area contributed by atoms with E-state index in [4.69, 9.17) is 9.84 Å². The maximum absolute atomic E-state index is 11.9. The molecule has 1 aliphatic heterocycles. The predicted molar refractivity (Wildman–Crippen MR) is 70.1 cm³/mol. The first kappa shape index (κ1) is 15.7. The molecule has 0 saturated carbocycles. The largest absolute Gasteiger partial charge is 0.480 e. The molecule has 1 heterocycles. The number of rotatable bonds is 5. The number of hydrogen-bond donors (Lipinski definition) is 2. The van der Waals surface area contributed by atoms with E-state index in [1.54, 1.807) is 6.92 Å². The fourth-order valence-electron chi connectivity index (χ4n) is 2.07. The first-order chi connectivity index (χ1) is 8.95. The molecule has 1 aliphatic rings. The second-order valence-electron chi connectivity index (χ2n) is 4.81. The number of amides is 2. The Hall–Kier alpha value is -1.34. The standard InChI is InChI=1S/C12H23N3O4/c1-4-10(11(16)17)15(3)12(18)13-7-9-8-14(2)5-6-19-9/h9-10H,4-8H2,1-3H3,(H,13,18)(H,16,17). The zero-order valence-electron chi connectivity index (χ0n) is 11.8. The summed E-state index contributed by atoms with van der Waals surface area (Å²) in [5.41, 5.74) is 0. The lowest BCUT2D eigenvalue weighted by Gasteiger charge is -2.31. The van der Waals surface area contributed by atoms with Gasteiger partial charge in [-0.2, -0.15) is 0 Å². The zero-order valence-corrected chi connectivity index (χ0v) is 11.8. The van der Waals surface area contributed by atoms with Gasteiger partial charge in [-0.05, 0) is 13.5 Å². The summed E-state index contributed by atoms with van der Waals surface area (Å²) in [5, 5.41) is 11.7. The van der Waals surface area contributed by atoms with Crippen LogP contribution in [0.5, 0.6) is 0 Å². The Bertz CT molecular complexity index is 324. The minimum atomic E-state index is -0.992. The molecule has 1 fully saturated rings. The minimum absolute atomic E-state index is 0.0407. The number of aliphatic carboxylic acids is 1. The number of carbonyl (C=O) groups is 2. The van der Waals surface area contributed by atoms with E-state index in [2.05, 4.69) is 10.2 Å². The summed E-state index contributed by atoms with van der Waals surface area (Å²) in [4.78, 5) is 26.2. The third-order valence-corrected chi connectivity index (χ3v) is 3.28. The molecule has 2 amide bonds. The van der Waals surface area contributed by atoms with Gasteiger partial charge in [0.2, 0.25) is 0 Å². The van der Waals surface area contributed by atoms with Crippen molar-refractivity contribution in [1.29, 1.82) is 0 Å². The van der Waals surface area contributed by atoms with Gasteiger partial charge in [-0.1, -0.05) is 6.92 Å². The van der Waals surface area contributed by atoms with Crippen LogP contribution < -0.4 is 5.32 Å². The molecule has 7 heteroatoms. The molecule has 0 aromatic carbocycles. The van der Waals surface area contributed by atoms with E-state index < -0.39 is 12.0 Å². The van der Waals surface area contributed by atoms with Crippen molar-refractivity contribution in [2.45, 2.75) is 25.5 Å². The van der Waals surface area contributed by atoms with E-state index in [0.717, 1.165) is 13.1 Å². The first-order valence-corrected chi connectivity index (χ1v) is 6.49. The lowest BCUT2D eigenvalue weighted by Crippen LogP contribution is -2.51. The quantitative estimate of drug-likeness (QED) is 0.726. The van der Waals surface area contributed by atoms with Crippen molar-refractivity contribution in [3.8, 4) is 0 Å². The summed E-state index contributed by atoms with van der Waals surface area (Å²) in [6.07, 6.45) is 0.336. The summed E-state index contributed by atoms with van der Waals surface area (Å²) >= 11 is 0. The number of morpholine rings is 1. The van der Waals surface area contributed by atoms with Gasteiger partial charge in [0.15, 0.2) is 0 Å². The number of nitrogens with zero attached hydrogens (tertiary/aromatic N) is 2. The summed E-state index contributed by atoms with van der Waals surface area (Å²) < 4.78 is 5.52. The maximum atomic E-state index is 11.9. The lowest BCUT2D eigenvalue weighted by molar-refractivity contribution is -0.141. The molecule has 7 nitrogen and oxygen atoms in total. The molecular weight excluding hydrogens is 250 g/mol. The van der Waals surface area contributed by atoms with E-state index in [1.807, 2.05) is 7.05 Å². The smallest absolute Gasteiger partial charge is 0.326 e. The Kier molecular flexibility index (Phi) is 6.04. The highest BCUT2D eigenvalue weighted by Gasteiger charge is 2.25. The Labute approximate surface area is 113 Å². The Morgan fingerprint density at radius 2 is 2.26 bits per heavy atom. The van der Waals surface area contributed by atoms with Crippen LogP contribution in [0.2, 0.25) is 0 Å². The highest BCUT2D eigenvalue weighted by atomic mass is 16.5. The molecule has 0 aromatic rings. The van der Waals surface area contributed by atoms with Crippen LogP contribution in [0.3, 0.4) is 0 Å². The number of nitrogens with one attached hydrogen (secondary N) is 1. The van der Waals surface area contributed by atoms with Gasteiger partial charge >= 0.3 is 12.0 Å². The first-order valence-electron chi connectivity index (χ1n) is 6.49. The highest BCUT2D eigenvalue weighted by Crippen LogP contribution is 2.04. The van der Waals surface area contributed by atoms with Gasteiger partial charge in [0, 0.05) is 26.7 Å². The molecule has 0 aromatic heterocycles. The van der Waals surface area contributed by atoms with Crippen molar-refractivity contribution < 1.29 is 19.4 Å². The van der Waals surface area contributed by atoms with Crippen molar-refractivity contribution in [3.63, 3.8) is 0 Å². The number of urea groups is 1. The molecule has 0 bridgehead atoms. The molecule has 2 atom stereocenters. The van der Waals surface area contributed by atoms with E-state index in [0.29, 0.717) is 19.6 Å². The second kappa shape index (κ2) is 7.30. The number of carboxylic acids is 1. The molecule has 0 aliphatic carbocycles. The number of carboxylic acid groups (broad SMARTS) is 1. The number of ether oxygens (including phenoxy) is 1. The summed E-state index contributed by atoms with van der Waals surface area (Å²) in [5.74, 6) is -0.992. The molecule has 1 saturated heterocycles. The minimum Gasteiger partial charge on any atom is -0.480 e. The monoisotopic (exact) mass is 273 g/mol. The molecule has 0 radical (unpaired) electrons. The van der Waals surface area contributed by atoms with Crippen LogP contribution in [-0.2, 0) is 9.53 Å². The third kappa shape index (κ3) is 4.68. The molecule has 19 heavy (non-hydrogen) atoms. The lowest BCUT2D eigenvalue weighted by atomic mass is 10.2. The van der Waals surface area contributed by atoms with Crippen LogP contribution in [0.15, 0.2) is 0 Å². The van der Waals surface area contributed by atoms with Gasteiger partial charge in [-0.3, -0.25) is 0 Å². The number of likely N-dealkylation sites (N-methyl/N-ethyl adjacent to an activating group) is 2. The Morgan fingerprint density at radius 3 is 2.79 bits per heavy atom. The van der Waals surface area contributed by atoms with Crippen LogP contribution in [-0.4, -0.2) is 79.4 Å². The summed E-state index contributed by atoms with van der Waals surface area (Å²) in [6.45, 7) is 4.44. The van der Waals surface area contributed by atoms with Gasteiger partial charge in [0.05, 0.1) is 12.7 Å². The molecule has 110 valence electrons. The fourth-order valence-corrected chi connectivity index (χ4v) is 2.07. The SMILES string of the molecule is CCC(C(=O)O)N(C)C(=O)NCC1CN(C)CCO1. The second-order valence-corrected chi connectivity index (χ2v) is 4.81. The van der Waals surface area contributed by atoms with Crippen molar-refractivity contribution in [2.24, 2.45) is 0 Å². The van der Waals surface area contributed by atoms with Crippen LogP contribution in [0.25, 0.3) is 0 Å². The van der Waals surface area contributed by atoms with Gasteiger partial charge in [0.1, 0.15) is 6.04 Å². The zero-order chi connectivity index (χ0) is 14.4. The highest BCUT2D eigenvalue weighted by molar-refractivity contribution is 5.82. The van der Waals surface area contributed by atoms with Crippen LogP contribution in [0.1, 0.15) is 13.3 Å². The van der Waals surface area contributed by atoms with Crippen molar-refractivity contribution >= 4 is 12.0 Å². The molecule has 0 spiro atoms. The van der Waals surface area contributed by atoms with E-state index in [1.165, 1.54) is 11.9 Å². The fraction of sp³-hybridized carbons (Fsp3) is 0.833. The van der Waals surface area contributed by atoms with Crippen molar-refractivity contribution in [2.75, 3.05) is 40.3 Å². The van der Waals surface area contributed by atoms with Crippen LogP contribution in [0.4, 0.5) is 4.79 Å². The molecule has 1 rings (SSSR count). The van der Waals surface area contributed by atoms with E-state index >= 15 is 0 Å². The average Bonchev–Trinajstić information content (AvgIpc) is 2.36. The van der Waals surface area contributed by atoms with Gasteiger partial charge < -0.3 is 25.0 Å². The number of carbonyl (C=O) groups excluding carboxylic acids is 1. The van der Waals surface area contributed by atoms with Crippen molar-refractivity contribution in [1.82, 2.24) is 15.1 Å². The summed E-state index contributed by atoms with van der Waals surface area (Å²) in [6, 6.07) is -1.18. The van der Waals surface area contributed by atoms with E-state index in [9.17, 15) is 9.59 Å². The topological polar surface area (TPSA) is 82.1 Å². The van der Waals surface area contributed by atoms with E-state index in [-0.39, 0.29) is 12.1 Å². The normalized spacial score (nSPS) is 21.7. The number of hydrogen-bond acceptors (Lipinski definition) is 4. The van der Waals surface area contributed by atoms with Gasteiger partial charge in [-0.25, -0.2) is 9.59 Å². The maximum Gasteiger partial charge on any atom is 0.326 e. The predicted octanol–water partition coefficient (Wildman–Crippen LogP) is -0.178. The van der Waals surface area contributed by atoms with Crippen molar-refractivity contribution in [3.05, 3.63) is 0 Å². The molecular formula is C12H23N3O4. The average molecular weight is 273 g/mol. The third-order valence-electron chi connectivity index (χ3n) is 3.28. The van der Waals surface area contributed by atoms with Crippen LogP contribution >= 0.6 is 0 Å². The molecule has 2 unspecified atom stereocenters. The Morgan fingerprint density at radius 1 is 1.58 bits per heavy atom.